The van der Waals surface area contributed by atoms with Gasteiger partial charge in [-0.05, 0) is 83.5 Å². The summed E-state index contributed by atoms with van der Waals surface area (Å²) in [7, 11) is 0. The van der Waals surface area contributed by atoms with Crippen LogP contribution in [-0.4, -0.2) is 69.1 Å². The minimum atomic E-state index is -2.60. The van der Waals surface area contributed by atoms with Gasteiger partial charge in [0.15, 0.2) is 5.82 Å². The first-order valence-electron chi connectivity index (χ1n) is 14.7. The summed E-state index contributed by atoms with van der Waals surface area (Å²) < 4.78 is 38.6. The third-order valence-corrected chi connectivity index (χ3v) is 9.73. The molecule has 0 unspecified atom stereocenters. The molecule has 1 aromatic rings. The van der Waals surface area contributed by atoms with Crippen molar-refractivity contribution in [2.75, 3.05) is 19.6 Å². The number of piperidine rings is 2. The lowest BCUT2D eigenvalue weighted by molar-refractivity contribution is -0.141. The van der Waals surface area contributed by atoms with Crippen LogP contribution in [0.15, 0.2) is 4.52 Å². The highest BCUT2D eigenvalue weighted by Crippen LogP contribution is 2.53. The van der Waals surface area contributed by atoms with E-state index in [1.54, 1.807) is 4.90 Å². The van der Waals surface area contributed by atoms with Gasteiger partial charge in [0.1, 0.15) is 11.6 Å². The number of carbonyl (C=O) groups excluding carboxylic acids is 2. The van der Waals surface area contributed by atoms with Gasteiger partial charge in [0.05, 0.1) is 0 Å². The van der Waals surface area contributed by atoms with Crippen molar-refractivity contribution in [3.05, 3.63) is 11.7 Å². The van der Waals surface area contributed by atoms with Crippen molar-refractivity contribution >= 4 is 12.0 Å². The Morgan fingerprint density at radius 3 is 2.21 bits per heavy atom. The zero-order chi connectivity index (χ0) is 28.2. The van der Waals surface area contributed by atoms with E-state index in [-0.39, 0.29) is 41.4 Å². The lowest BCUT2D eigenvalue weighted by Gasteiger charge is -2.45. The van der Waals surface area contributed by atoms with E-state index in [0.717, 1.165) is 19.3 Å². The molecule has 218 valence electrons. The molecule has 1 atom stereocenters. The van der Waals surface area contributed by atoms with Crippen molar-refractivity contribution in [2.24, 2.45) is 11.3 Å². The molecule has 3 heterocycles. The number of amides is 2. The Kier molecular flexibility index (Phi) is 7.24. The Morgan fingerprint density at radius 2 is 1.64 bits per heavy atom. The van der Waals surface area contributed by atoms with Crippen LogP contribution in [0, 0.1) is 11.3 Å². The molecule has 39 heavy (non-hydrogen) atoms. The van der Waals surface area contributed by atoms with Gasteiger partial charge in [-0.3, -0.25) is 9.69 Å². The predicted octanol–water partition coefficient (Wildman–Crippen LogP) is 6.06. The van der Waals surface area contributed by atoms with E-state index in [2.05, 4.69) is 19.0 Å². The molecular formula is C29H44F2N4O4. The second-order valence-corrected chi connectivity index (χ2v) is 13.9. The fourth-order valence-corrected chi connectivity index (χ4v) is 6.79. The summed E-state index contributed by atoms with van der Waals surface area (Å²) in [4.78, 5) is 35.3. The molecule has 4 aliphatic rings. The Hall–Kier alpha value is -2.26. The van der Waals surface area contributed by atoms with E-state index in [4.69, 9.17) is 14.2 Å². The highest BCUT2D eigenvalue weighted by Gasteiger charge is 2.53. The van der Waals surface area contributed by atoms with Gasteiger partial charge in [0, 0.05) is 43.8 Å². The summed E-state index contributed by atoms with van der Waals surface area (Å²) in [6, 6.07) is -0.501. The summed E-state index contributed by atoms with van der Waals surface area (Å²) in [6.07, 6.45) is 5.19. The highest BCUT2D eigenvalue weighted by atomic mass is 19.3. The van der Waals surface area contributed by atoms with Gasteiger partial charge in [-0.15, -0.1) is 0 Å². The number of ether oxygens (including phenoxy) is 1. The van der Waals surface area contributed by atoms with Crippen molar-refractivity contribution < 1.29 is 27.6 Å². The first-order chi connectivity index (χ1) is 18.2. The van der Waals surface area contributed by atoms with E-state index >= 15 is 0 Å². The standard InChI is InChI=1S/C29H44F2N4O4/c1-19(2)28(24-32-22(39-33-24)20-6-10-29(30,31)11-7-20)14-16-34(17-15-28)23(36)21-8-9-27(12-13-27)18-35(21)25(37)38-26(3,4)5/h19-21H,6-18H2,1-5H3/t21-/m0/s1. The molecule has 5 rings (SSSR count). The van der Waals surface area contributed by atoms with Crippen LogP contribution in [0.5, 0.6) is 0 Å². The molecule has 1 aromatic heterocycles. The zero-order valence-corrected chi connectivity index (χ0v) is 24.1. The third kappa shape index (κ3) is 5.80. The maximum Gasteiger partial charge on any atom is 0.410 e. The number of aromatic nitrogens is 2. The average molecular weight is 551 g/mol. The van der Waals surface area contributed by atoms with Crippen LogP contribution in [0.2, 0.25) is 0 Å². The lowest BCUT2D eigenvalue weighted by Crippen LogP contribution is -2.58. The van der Waals surface area contributed by atoms with Crippen LogP contribution >= 0.6 is 0 Å². The van der Waals surface area contributed by atoms with Gasteiger partial charge in [-0.2, -0.15) is 4.98 Å². The number of carbonyl (C=O) groups is 2. The Morgan fingerprint density at radius 1 is 1.00 bits per heavy atom. The quantitative estimate of drug-likeness (QED) is 0.453. The van der Waals surface area contributed by atoms with Crippen LogP contribution in [0.4, 0.5) is 13.6 Å². The topological polar surface area (TPSA) is 88.8 Å². The number of likely N-dealkylation sites (tertiary alicyclic amines) is 2. The summed E-state index contributed by atoms with van der Waals surface area (Å²) >= 11 is 0. The maximum atomic E-state index is 13.8. The average Bonchev–Trinajstić information content (AvgIpc) is 3.42. The number of halogens is 2. The normalized spacial score (nSPS) is 26.6. The summed E-state index contributed by atoms with van der Waals surface area (Å²) in [5.41, 5.74) is -0.817. The molecule has 2 saturated carbocycles. The molecule has 10 heteroatoms. The molecule has 0 N–H and O–H groups in total. The first kappa shape index (κ1) is 28.3. The minimum Gasteiger partial charge on any atom is -0.444 e. The second-order valence-electron chi connectivity index (χ2n) is 13.9. The van der Waals surface area contributed by atoms with Crippen molar-refractivity contribution in [3.63, 3.8) is 0 Å². The number of alkyl halides is 2. The van der Waals surface area contributed by atoms with Crippen LogP contribution in [0.3, 0.4) is 0 Å². The Labute approximate surface area is 230 Å². The molecular weight excluding hydrogens is 506 g/mol. The third-order valence-electron chi connectivity index (χ3n) is 9.73. The molecule has 2 aliphatic carbocycles. The molecule has 2 saturated heterocycles. The Bertz CT molecular complexity index is 1060. The number of hydrogen-bond acceptors (Lipinski definition) is 6. The van der Waals surface area contributed by atoms with E-state index in [9.17, 15) is 18.4 Å². The van der Waals surface area contributed by atoms with Crippen molar-refractivity contribution in [3.8, 4) is 0 Å². The predicted molar refractivity (Wildman–Crippen MR) is 140 cm³/mol. The zero-order valence-electron chi connectivity index (χ0n) is 24.1. The molecule has 1 spiro atoms. The fraction of sp³-hybridized carbons (Fsp3) is 0.862. The first-order valence-corrected chi connectivity index (χ1v) is 14.7. The highest BCUT2D eigenvalue weighted by molar-refractivity contribution is 5.86. The second kappa shape index (κ2) is 9.98. The summed E-state index contributed by atoms with van der Waals surface area (Å²) in [5.74, 6) is -1.45. The van der Waals surface area contributed by atoms with Crippen molar-refractivity contribution in [1.29, 1.82) is 0 Å². The summed E-state index contributed by atoms with van der Waals surface area (Å²) in [5, 5.41) is 4.35. The molecule has 2 amide bonds. The largest absolute Gasteiger partial charge is 0.444 e. The van der Waals surface area contributed by atoms with Crippen LogP contribution in [0.25, 0.3) is 0 Å². The van der Waals surface area contributed by atoms with Crippen LogP contribution < -0.4 is 0 Å². The van der Waals surface area contributed by atoms with Gasteiger partial charge in [0.25, 0.3) is 0 Å². The molecule has 0 radical (unpaired) electrons. The molecule has 2 aliphatic heterocycles. The van der Waals surface area contributed by atoms with Gasteiger partial charge < -0.3 is 14.2 Å². The van der Waals surface area contributed by atoms with E-state index < -0.39 is 23.7 Å². The molecule has 0 aromatic carbocycles. The maximum absolute atomic E-state index is 13.8. The summed E-state index contributed by atoms with van der Waals surface area (Å²) in [6.45, 7) is 11.5. The number of hydrogen-bond donors (Lipinski definition) is 0. The van der Waals surface area contributed by atoms with Crippen molar-refractivity contribution in [2.45, 2.75) is 128 Å². The Balaban J connectivity index is 1.27. The van der Waals surface area contributed by atoms with Crippen molar-refractivity contribution in [1.82, 2.24) is 19.9 Å². The van der Waals surface area contributed by atoms with E-state index in [0.29, 0.717) is 63.5 Å². The smallest absolute Gasteiger partial charge is 0.410 e. The van der Waals surface area contributed by atoms with Crippen LogP contribution in [0.1, 0.15) is 116 Å². The molecule has 4 fully saturated rings. The van der Waals surface area contributed by atoms with E-state index in [1.165, 1.54) is 0 Å². The minimum absolute atomic E-state index is 0.00866. The van der Waals surface area contributed by atoms with Gasteiger partial charge >= 0.3 is 6.09 Å². The van der Waals surface area contributed by atoms with Gasteiger partial charge in [-0.1, -0.05) is 19.0 Å². The van der Waals surface area contributed by atoms with Gasteiger partial charge in [-0.25, -0.2) is 13.6 Å². The number of nitrogens with zero attached hydrogens (tertiary/aromatic N) is 4. The van der Waals surface area contributed by atoms with Gasteiger partial charge in [0.2, 0.25) is 17.7 Å². The fourth-order valence-electron chi connectivity index (χ4n) is 6.79. The van der Waals surface area contributed by atoms with Crippen LogP contribution in [-0.2, 0) is 14.9 Å². The molecule has 0 bridgehead atoms. The molecule has 8 nitrogen and oxygen atoms in total. The number of rotatable bonds is 4. The monoisotopic (exact) mass is 550 g/mol. The SMILES string of the molecule is CC(C)C1(c2noc(C3CCC(F)(F)CC3)n2)CCN(C(=O)[C@@H]2CCC3(CC3)CN2C(=O)OC(C)(C)C)CC1. The van der Waals surface area contributed by atoms with E-state index in [1.807, 2.05) is 25.7 Å². The lowest BCUT2D eigenvalue weighted by atomic mass is 9.69.